The number of rotatable bonds is 2. The third-order valence-electron chi connectivity index (χ3n) is 1.69. The second kappa shape index (κ2) is 4.88. The average Bonchev–Trinajstić information content (AvgIpc) is 2.25. The van der Waals surface area contributed by atoms with Crippen LogP contribution in [0.3, 0.4) is 0 Å². The maximum atomic E-state index is 13.2. The van der Waals surface area contributed by atoms with Crippen LogP contribution < -0.4 is 10.9 Å². The van der Waals surface area contributed by atoms with E-state index in [0.717, 1.165) is 12.1 Å². The molecule has 1 aromatic carbocycles. The van der Waals surface area contributed by atoms with Gasteiger partial charge in [-0.25, -0.2) is 14.6 Å². The Labute approximate surface area is 93.2 Å². The summed E-state index contributed by atoms with van der Waals surface area (Å²) in [5.74, 6) is -2.18. The van der Waals surface area contributed by atoms with Crippen LogP contribution in [-0.2, 0) is 0 Å². The van der Waals surface area contributed by atoms with Crippen molar-refractivity contribution in [1.29, 1.82) is 0 Å². The van der Waals surface area contributed by atoms with Crippen molar-refractivity contribution >= 4 is 17.7 Å². The zero-order valence-corrected chi connectivity index (χ0v) is 8.14. The lowest BCUT2D eigenvalue weighted by Crippen LogP contribution is -2.41. The lowest BCUT2D eigenvalue weighted by atomic mass is 10.2. The highest BCUT2D eigenvalue weighted by molar-refractivity contribution is 5.95. The van der Waals surface area contributed by atoms with Crippen LogP contribution in [-0.4, -0.2) is 22.0 Å². The van der Waals surface area contributed by atoms with Crippen molar-refractivity contribution in [1.82, 2.24) is 10.9 Å². The molecule has 0 saturated carbocycles. The number of hydrogen-bond donors (Lipinski definition) is 3. The Hall–Kier alpha value is -2.71. The predicted molar refractivity (Wildman–Crippen MR) is 51.7 cm³/mol. The summed E-state index contributed by atoms with van der Waals surface area (Å²) in [6.45, 7) is 0. The molecule has 90 valence electrons. The van der Waals surface area contributed by atoms with Gasteiger partial charge in [0.05, 0.1) is 16.6 Å². The number of hydrazine groups is 1. The quantitative estimate of drug-likeness (QED) is 0.519. The molecule has 1 aromatic rings. The van der Waals surface area contributed by atoms with Crippen molar-refractivity contribution in [3.05, 3.63) is 39.7 Å². The topological polar surface area (TPSA) is 122 Å². The van der Waals surface area contributed by atoms with Gasteiger partial charge in [-0.05, 0) is 6.07 Å². The molecular formula is C8H6FN3O5. The van der Waals surface area contributed by atoms with E-state index >= 15 is 0 Å². The number of carboxylic acid groups (broad SMARTS) is 1. The highest BCUT2D eigenvalue weighted by Gasteiger charge is 2.16. The number of nitrogens with one attached hydrogen (secondary N) is 2. The van der Waals surface area contributed by atoms with Crippen molar-refractivity contribution in [3.8, 4) is 0 Å². The third-order valence-corrected chi connectivity index (χ3v) is 1.69. The van der Waals surface area contributed by atoms with Gasteiger partial charge in [-0.1, -0.05) is 0 Å². The molecule has 0 fully saturated rings. The zero-order valence-electron chi connectivity index (χ0n) is 8.14. The first-order valence-corrected chi connectivity index (χ1v) is 4.15. The summed E-state index contributed by atoms with van der Waals surface area (Å²) in [6, 6.07) is 2.38. The van der Waals surface area contributed by atoms with Gasteiger partial charge in [-0.2, -0.15) is 0 Å². The molecule has 0 bridgehead atoms. The van der Waals surface area contributed by atoms with Crippen molar-refractivity contribution in [2.75, 3.05) is 0 Å². The number of amides is 2. The fourth-order valence-electron chi connectivity index (χ4n) is 0.979. The number of nitrogens with zero attached hydrogens (tertiary/aromatic N) is 1. The summed E-state index contributed by atoms with van der Waals surface area (Å²) < 4.78 is 13.2. The first kappa shape index (κ1) is 12.4. The maximum Gasteiger partial charge on any atom is 0.423 e. The van der Waals surface area contributed by atoms with Crippen LogP contribution >= 0.6 is 0 Å². The van der Waals surface area contributed by atoms with Gasteiger partial charge < -0.3 is 5.11 Å². The van der Waals surface area contributed by atoms with Gasteiger partial charge in [0.15, 0.2) is 0 Å². The minimum atomic E-state index is -1.53. The van der Waals surface area contributed by atoms with Crippen LogP contribution in [0.4, 0.5) is 14.9 Å². The number of non-ortho nitro benzene ring substituents is 1. The number of carbonyl (C=O) groups excluding carboxylic acids is 1. The summed E-state index contributed by atoms with van der Waals surface area (Å²) in [6.07, 6.45) is -1.53. The van der Waals surface area contributed by atoms with Gasteiger partial charge in [-0.3, -0.25) is 20.3 Å². The molecule has 17 heavy (non-hydrogen) atoms. The molecule has 0 saturated heterocycles. The summed E-state index contributed by atoms with van der Waals surface area (Å²) in [5.41, 5.74) is 2.20. The fourth-order valence-corrected chi connectivity index (χ4v) is 0.979. The first-order valence-electron chi connectivity index (χ1n) is 4.15. The largest absolute Gasteiger partial charge is 0.464 e. The number of hydrogen-bond acceptors (Lipinski definition) is 4. The van der Waals surface area contributed by atoms with E-state index in [-0.39, 0.29) is 0 Å². The van der Waals surface area contributed by atoms with Crippen molar-refractivity contribution in [3.63, 3.8) is 0 Å². The van der Waals surface area contributed by atoms with Crippen LogP contribution in [0.2, 0.25) is 0 Å². The second-order valence-corrected chi connectivity index (χ2v) is 2.81. The highest BCUT2D eigenvalue weighted by atomic mass is 19.1. The smallest absolute Gasteiger partial charge is 0.423 e. The van der Waals surface area contributed by atoms with E-state index in [4.69, 9.17) is 5.11 Å². The molecule has 8 nitrogen and oxygen atoms in total. The molecule has 0 aliphatic carbocycles. The van der Waals surface area contributed by atoms with Crippen molar-refractivity contribution < 1.29 is 24.0 Å². The first-order chi connectivity index (χ1) is 7.91. The van der Waals surface area contributed by atoms with Gasteiger partial charge in [0.25, 0.3) is 11.6 Å². The zero-order chi connectivity index (χ0) is 13.0. The van der Waals surface area contributed by atoms with Crippen LogP contribution in [0.25, 0.3) is 0 Å². The Balaban J connectivity index is 2.88. The second-order valence-electron chi connectivity index (χ2n) is 2.81. The standard InChI is InChI=1S/C8H6FN3O5/c9-6-3-4(12(16)17)1-2-5(6)7(13)10-11-8(14)15/h1-3,11H,(H,10,13)(H,14,15). The molecule has 0 radical (unpaired) electrons. The van der Waals surface area contributed by atoms with E-state index in [2.05, 4.69) is 0 Å². The minimum Gasteiger partial charge on any atom is -0.464 e. The summed E-state index contributed by atoms with van der Waals surface area (Å²) in [7, 11) is 0. The molecule has 9 heteroatoms. The molecular weight excluding hydrogens is 237 g/mol. The summed E-state index contributed by atoms with van der Waals surface area (Å²) in [4.78, 5) is 30.7. The normalized spacial score (nSPS) is 9.47. The van der Waals surface area contributed by atoms with Crippen LogP contribution in [0.5, 0.6) is 0 Å². The van der Waals surface area contributed by atoms with Gasteiger partial charge in [-0.15, -0.1) is 0 Å². The van der Waals surface area contributed by atoms with Gasteiger partial charge >= 0.3 is 6.09 Å². The van der Waals surface area contributed by atoms with Gasteiger partial charge in [0, 0.05) is 6.07 Å². The molecule has 1 rings (SSSR count). The van der Waals surface area contributed by atoms with Crippen LogP contribution in [0.15, 0.2) is 18.2 Å². The average molecular weight is 243 g/mol. The fraction of sp³-hybridized carbons (Fsp3) is 0. The maximum absolute atomic E-state index is 13.2. The minimum absolute atomic E-state index is 0.509. The molecule has 0 heterocycles. The van der Waals surface area contributed by atoms with E-state index in [0.29, 0.717) is 6.07 Å². The Bertz CT molecular complexity index is 490. The van der Waals surface area contributed by atoms with E-state index in [9.17, 15) is 24.1 Å². The molecule has 0 atom stereocenters. The molecule has 3 N–H and O–H groups in total. The molecule has 0 aliphatic heterocycles. The number of benzene rings is 1. The van der Waals surface area contributed by atoms with E-state index in [1.165, 1.54) is 5.43 Å². The third kappa shape index (κ3) is 3.12. The Morgan fingerprint density at radius 2 is 2.00 bits per heavy atom. The monoisotopic (exact) mass is 243 g/mol. The lowest BCUT2D eigenvalue weighted by Gasteiger charge is -2.04. The Morgan fingerprint density at radius 3 is 2.47 bits per heavy atom. The lowest BCUT2D eigenvalue weighted by molar-refractivity contribution is -0.385. The van der Waals surface area contributed by atoms with Crippen LogP contribution in [0, 0.1) is 15.9 Å². The molecule has 0 spiro atoms. The van der Waals surface area contributed by atoms with E-state index in [1.807, 2.05) is 0 Å². The SMILES string of the molecule is O=C(O)NNC(=O)c1ccc([N+](=O)[O-])cc1F. The summed E-state index contributed by atoms with van der Waals surface area (Å²) in [5, 5.41) is 18.5. The van der Waals surface area contributed by atoms with E-state index in [1.54, 1.807) is 5.43 Å². The molecule has 0 unspecified atom stereocenters. The number of carbonyl (C=O) groups is 2. The number of nitro benzene ring substituents is 1. The van der Waals surface area contributed by atoms with Gasteiger partial charge in [0.1, 0.15) is 5.82 Å². The predicted octanol–water partition coefficient (Wildman–Crippen LogP) is 0.646. The Morgan fingerprint density at radius 1 is 1.35 bits per heavy atom. The van der Waals surface area contributed by atoms with Crippen molar-refractivity contribution in [2.45, 2.75) is 0 Å². The molecule has 2 amide bonds. The highest BCUT2D eigenvalue weighted by Crippen LogP contribution is 2.16. The van der Waals surface area contributed by atoms with Crippen molar-refractivity contribution in [2.24, 2.45) is 0 Å². The Kier molecular flexibility index (Phi) is 3.55. The molecule has 0 aromatic heterocycles. The molecule has 0 aliphatic rings. The van der Waals surface area contributed by atoms with Crippen LogP contribution in [0.1, 0.15) is 10.4 Å². The van der Waals surface area contributed by atoms with Gasteiger partial charge in [0.2, 0.25) is 0 Å². The number of halogens is 1. The number of nitro groups is 1. The van der Waals surface area contributed by atoms with E-state index < -0.39 is 34.0 Å². The summed E-state index contributed by atoms with van der Waals surface area (Å²) >= 11 is 0.